The van der Waals surface area contributed by atoms with Crippen LogP contribution in [0.15, 0.2) is 51.6 Å². The lowest BCUT2D eigenvalue weighted by atomic mass is 9.52. The fraction of sp³-hybridized carbons (Fsp3) is 0.400. The predicted molar refractivity (Wildman–Crippen MR) is 154 cm³/mol. The molecule has 1 saturated heterocycles. The van der Waals surface area contributed by atoms with Crippen LogP contribution in [-0.2, 0) is 16.8 Å². The molecule has 2 aliphatic carbocycles. The maximum absolute atomic E-state index is 12.9. The number of piperidine rings is 1. The molecule has 7 aliphatic rings. The van der Waals surface area contributed by atoms with E-state index < -0.39 is 35.5 Å². The van der Waals surface area contributed by atoms with E-state index in [-0.39, 0.29) is 29.8 Å². The number of carbonyl (C=O) groups is 2. The molecule has 6 heterocycles. The van der Waals surface area contributed by atoms with Crippen molar-refractivity contribution >= 4 is 40.8 Å². The number of amides is 1. The van der Waals surface area contributed by atoms with E-state index in [1.807, 2.05) is 19.1 Å². The fourth-order valence-electron chi connectivity index (χ4n) is 7.50. The number of aliphatic hydroxyl groups excluding tert-OH is 1. The summed E-state index contributed by atoms with van der Waals surface area (Å²) in [4.78, 5) is 35.6. The summed E-state index contributed by atoms with van der Waals surface area (Å²) in [5.74, 6) is -2.56. The lowest BCUT2D eigenvalue weighted by Gasteiger charge is -2.51. The van der Waals surface area contributed by atoms with Crippen molar-refractivity contribution in [3.05, 3.63) is 79.9 Å². The number of aromatic nitrogens is 2. The maximum atomic E-state index is 12.9. The van der Waals surface area contributed by atoms with Crippen molar-refractivity contribution in [1.29, 1.82) is 0 Å². The van der Waals surface area contributed by atoms with Crippen LogP contribution in [0.2, 0.25) is 0 Å². The van der Waals surface area contributed by atoms with Gasteiger partial charge >= 0.3 is 5.97 Å². The monoisotopic (exact) mass is 596 g/mol. The van der Waals surface area contributed by atoms with Gasteiger partial charge in [-0.25, -0.2) is 9.97 Å². The van der Waals surface area contributed by atoms with Gasteiger partial charge in [-0.1, -0.05) is 42.3 Å². The molecule has 4 N–H and O–H groups in total. The Morgan fingerprint density at radius 1 is 1.20 bits per heavy atom. The van der Waals surface area contributed by atoms with Gasteiger partial charge in [0.15, 0.2) is 11.4 Å². The molecule has 41 heavy (non-hydrogen) atoms. The SMILES string of the molecule is Cc1nc(C(C)C2(C3C4=CC(Cl)=C3C(Cl)=C4)c3ccc(c(CO)c3)N3CCC2CC3)nc(C(=O)NCC(=O)O)c1O. The average molecular weight is 597 g/mol. The first kappa shape index (κ1) is 27.8. The summed E-state index contributed by atoms with van der Waals surface area (Å²) >= 11 is 13.6. The Labute approximate surface area is 247 Å². The molecule has 6 bridgehead atoms. The van der Waals surface area contributed by atoms with Crippen LogP contribution in [0.1, 0.15) is 58.8 Å². The Bertz CT molecular complexity index is 1580. The number of aromatic hydroxyl groups is 1. The zero-order valence-corrected chi connectivity index (χ0v) is 24.1. The third kappa shape index (κ3) is 4.16. The molecule has 2 aromatic rings. The largest absolute Gasteiger partial charge is 0.504 e. The molecule has 0 saturated carbocycles. The second-order valence-electron chi connectivity index (χ2n) is 11.2. The number of fused-ring (bicyclic) bond motifs is 2. The van der Waals surface area contributed by atoms with Crippen molar-refractivity contribution in [1.82, 2.24) is 15.3 Å². The second-order valence-corrected chi connectivity index (χ2v) is 12.0. The first-order valence-corrected chi connectivity index (χ1v) is 14.4. The number of aliphatic hydroxyl groups is 1. The zero-order valence-electron chi connectivity index (χ0n) is 22.6. The van der Waals surface area contributed by atoms with E-state index in [0.29, 0.717) is 15.9 Å². The lowest BCUT2D eigenvalue weighted by molar-refractivity contribution is -0.135. The molecule has 0 radical (unpaired) electrons. The normalized spacial score (nSPS) is 25.0. The molecule has 1 aromatic carbocycles. The van der Waals surface area contributed by atoms with Crippen LogP contribution < -0.4 is 10.2 Å². The average Bonchev–Trinajstić information content (AvgIpc) is 3.50. The molecular weight excluding hydrogens is 567 g/mol. The molecule has 3 atom stereocenters. The molecule has 9 rings (SSSR count). The Morgan fingerprint density at radius 3 is 2.56 bits per heavy atom. The number of hydrogen-bond donors (Lipinski definition) is 4. The standard InChI is InChI=1S/C30H30Cl2N4O5/c1-14(28-34-15(2)27(40)26(35-28)29(41)33-12-23(38)39)30(25-16-10-20(31)24(25)21(32)11-16)18-5-7-36(8-6-18)22-4-3-19(30)9-17(22)13-37/h3-4,9-11,14,18,25,37,40H,5-8,12-13H2,1-2H3,(H,33,41)(H,38,39). The summed E-state index contributed by atoms with van der Waals surface area (Å²) in [7, 11) is 0. The highest BCUT2D eigenvalue weighted by Crippen LogP contribution is 2.63. The Morgan fingerprint density at radius 2 is 1.93 bits per heavy atom. The van der Waals surface area contributed by atoms with Crippen LogP contribution in [0.3, 0.4) is 0 Å². The lowest BCUT2D eigenvalue weighted by Crippen LogP contribution is -2.50. The minimum atomic E-state index is -1.21. The van der Waals surface area contributed by atoms with Gasteiger partial charge in [0, 0.05) is 51.7 Å². The molecule has 214 valence electrons. The minimum Gasteiger partial charge on any atom is -0.504 e. The van der Waals surface area contributed by atoms with Crippen LogP contribution in [0, 0.1) is 18.8 Å². The van der Waals surface area contributed by atoms with Gasteiger partial charge in [0.1, 0.15) is 12.4 Å². The van der Waals surface area contributed by atoms with Crippen LogP contribution in [0.5, 0.6) is 5.75 Å². The van der Waals surface area contributed by atoms with Gasteiger partial charge in [0.2, 0.25) is 0 Å². The van der Waals surface area contributed by atoms with Crippen molar-refractivity contribution in [3.8, 4) is 5.75 Å². The highest BCUT2D eigenvalue weighted by Gasteiger charge is 2.58. The number of carboxylic acid groups (broad SMARTS) is 1. The highest BCUT2D eigenvalue weighted by molar-refractivity contribution is 6.38. The van der Waals surface area contributed by atoms with Gasteiger partial charge < -0.3 is 25.5 Å². The van der Waals surface area contributed by atoms with Gasteiger partial charge in [-0.2, -0.15) is 0 Å². The molecule has 3 unspecified atom stereocenters. The van der Waals surface area contributed by atoms with E-state index in [1.54, 1.807) is 6.92 Å². The fourth-order valence-corrected chi connectivity index (χ4v) is 8.22. The van der Waals surface area contributed by atoms with Gasteiger partial charge in [-0.05, 0) is 60.6 Å². The summed E-state index contributed by atoms with van der Waals surface area (Å²) in [5, 5.41) is 33.7. The number of halogens is 2. The number of benzene rings is 1. The number of nitrogens with zero attached hydrogens (tertiary/aromatic N) is 3. The van der Waals surface area contributed by atoms with Crippen LogP contribution in [0.4, 0.5) is 5.69 Å². The summed E-state index contributed by atoms with van der Waals surface area (Å²) in [5.41, 5.74) is 3.95. The van der Waals surface area contributed by atoms with Gasteiger partial charge in [0.05, 0.1) is 12.3 Å². The smallest absolute Gasteiger partial charge is 0.322 e. The van der Waals surface area contributed by atoms with E-state index in [9.17, 15) is 19.8 Å². The van der Waals surface area contributed by atoms with Crippen molar-refractivity contribution < 1.29 is 24.9 Å². The van der Waals surface area contributed by atoms with Gasteiger partial charge in [-0.15, -0.1) is 0 Å². The van der Waals surface area contributed by atoms with Crippen molar-refractivity contribution in [2.45, 2.75) is 44.6 Å². The van der Waals surface area contributed by atoms with E-state index in [0.717, 1.165) is 53.9 Å². The van der Waals surface area contributed by atoms with Crippen molar-refractivity contribution in [2.75, 3.05) is 24.5 Å². The minimum absolute atomic E-state index is 0.118. The quantitative estimate of drug-likeness (QED) is 0.372. The first-order chi connectivity index (χ1) is 19.6. The predicted octanol–water partition coefficient (Wildman–Crippen LogP) is 4.25. The Balaban J connectivity index is 1.59. The first-order valence-electron chi connectivity index (χ1n) is 13.6. The number of aryl methyl sites for hydroxylation is 1. The molecule has 5 aliphatic heterocycles. The maximum Gasteiger partial charge on any atom is 0.322 e. The van der Waals surface area contributed by atoms with Crippen LogP contribution >= 0.6 is 23.2 Å². The van der Waals surface area contributed by atoms with E-state index in [4.69, 9.17) is 33.3 Å². The van der Waals surface area contributed by atoms with E-state index in [2.05, 4.69) is 33.4 Å². The van der Waals surface area contributed by atoms with Gasteiger partial charge in [0.25, 0.3) is 5.91 Å². The molecule has 11 heteroatoms. The number of nitrogens with one attached hydrogen (secondary N) is 1. The zero-order chi connectivity index (χ0) is 29.2. The van der Waals surface area contributed by atoms with E-state index >= 15 is 0 Å². The van der Waals surface area contributed by atoms with E-state index in [1.165, 1.54) is 0 Å². The topological polar surface area (TPSA) is 136 Å². The summed E-state index contributed by atoms with van der Waals surface area (Å²) in [6.07, 6.45) is 5.64. The third-order valence-corrected chi connectivity index (χ3v) is 9.88. The van der Waals surface area contributed by atoms with Crippen LogP contribution in [0.25, 0.3) is 0 Å². The Kier molecular flexibility index (Phi) is 6.87. The molecule has 9 nitrogen and oxygen atoms in total. The highest BCUT2D eigenvalue weighted by atomic mass is 35.5. The van der Waals surface area contributed by atoms with Crippen LogP contribution in [-0.4, -0.2) is 56.8 Å². The molecule has 1 fully saturated rings. The van der Waals surface area contributed by atoms with Crippen molar-refractivity contribution in [3.63, 3.8) is 0 Å². The third-order valence-electron chi connectivity index (χ3n) is 9.26. The molecule has 0 spiro atoms. The molecule has 1 amide bonds. The van der Waals surface area contributed by atoms with Crippen molar-refractivity contribution in [2.24, 2.45) is 11.8 Å². The summed E-state index contributed by atoms with van der Waals surface area (Å²) in [6.45, 7) is 4.50. The Hall–Kier alpha value is -3.40. The second kappa shape index (κ2) is 10.2. The number of aliphatic carboxylic acids is 1. The van der Waals surface area contributed by atoms with Gasteiger partial charge in [-0.3, -0.25) is 9.59 Å². The molecular formula is C30H30Cl2N4O5. The molecule has 1 aromatic heterocycles. The number of allylic oxidation sites excluding steroid dienone is 6. The number of anilines is 1. The summed E-state index contributed by atoms with van der Waals surface area (Å²) in [6, 6.07) is 6.24. The number of carbonyl (C=O) groups excluding carboxylic acids is 1. The number of carboxylic acids is 1. The summed E-state index contributed by atoms with van der Waals surface area (Å²) < 4.78 is 0. The number of hydrogen-bond acceptors (Lipinski definition) is 7. The number of rotatable bonds is 7.